The summed E-state index contributed by atoms with van der Waals surface area (Å²) in [5.74, 6) is 1.61. The molecule has 0 fully saturated rings. The van der Waals surface area contributed by atoms with Crippen LogP contribution in [-0.4, -0.2) is 18.7 Å². The van der Waals surface area contributed by atoms with Crippen molar-refractivity contribution in [2.45, 2.75) is 25.7 Å². The minimum Gasteiger partial charge on any atom is -0.493 e. The van der Waals surface area contributed by atoms with Crippen LogP contribution in [0.15, 0.2) is 24.3 Å². The van der Waals surface area contributed by atoms with Gasteiger partial charge >= 0.3 is 0 Å². The van der Waals surface area contributed by atoms with Gasteiger partial charge in [0.05, 0.1) is 23.9 Å². The molecule has 0 saturated heterocycles. The highest BCUT2D eigenvalue weighted by Crippen LogP contribution is 2.22. The maximum absolute atomic E-state index is 5.72. The molecular weight excluding hydrogens is 290 g/mol. The fourth-order valence-electron chi connectivity index (χ4n) is 1.81. The molecule has 2 aromatic rings. The largest absolute Gasteiger partial charge is 0.493 e. The van der Waals surface area contributed by atoms with Gasteiger partial charge in [0, 0.05) is 24.2 Å². The molecule has 1 aromatic heterocycles. The third-order valence-corrected chi connectivity index (χ3v) is 4.54. The molecule has 0 bridgehead atoms. The number of methoxy groups -OCH3 is 1. The number of ether oxygens (including phenoxy) is 2. The van der Waals surface area contributed by atoms with Gasteiger partial charge in [-0.1, -0.05) is 17.7 Å². The second-order valence-electron chi connectivity index (χ2n) is 4.48. The van der Waals surface area contributed by atoms with Crippen LogP contribution in [0.5, 0.6) is 5.75 Å². The molecule has 1 heterocycles. The van der Waals surface area contributed by atoms with Crippen LogP contribution in [0.4, 0.5) is 0 Å². The number of hydrogen-bond donors (Lipinski definition) is 1. The lowest BCUT2D eigenvalue weighted by atomic mass is 10.2. The van der Waals surface area contributed by atoms with Crippen molar-refractivity contribution in [1.82, 2.24) is 4.98 Å². The van der Waals surface area contributed by atoms with Crippen molar-refractivity contribution in [3.05, 3.63) is 45.4 Å². The van der Waals surface area contributed by atoms with Crippen LogP contribution in [0, 0.1) is 6.92 Å². The Kier molecular flexibility index (Phi) is 5.88. The predicted octanol–water partition coefficient (Wildman–Crippen LogP) is 3.65. The molecule has 0 aliphatic rings. The lowest BCUT2D eigenvalue weighted by Crippen LogP contribution is -2.01. The smallest absolute Gasteiger partial charge is 0.119 e. The lowest BCUT2D eigenvalue weighted by molar-refractivity contribution is 0.181. The fourth-order valence-corrected chi connectivity index (χ4v) is 3.10. The molecule has 2 rings (SSSR count). The third-order valence-electron chi connectivity index (χ3n) is 2.85. The van der Waals surface area contributed by atoms with Crippen LogP contribution in [0.2, 0.25) is 0 Å². The molecule has 0 unspecified atom stereocenters. The monoisotopic (exact) mass is 309 g/mol. The number of thiazole rings is 1. The van der Waals surface area contributed by atoms with E-state index in [1.54, 1.807) is 18.4 Å². The molecule has 0 N–H and O–H groups in total. The standard InChI is InChI=1S/C15H19NO2S2/c1-11-3-5-12(6-4-11)18-8-7-15-16-13(9-17-2)14(10-19)20-15/h3-6,19H,7-10H2,1-2H3. The second-order valence-corrected chi connectivity index (χ2v) is 5.96. The molecule has 0 aliphatic heterocycles. The molecule has 0 aliphatic carbocycles. The zero-order valence-electron chi connectivity index (χ0n) is 11.8. The van der Waals surface area contributed by atoms with Gasteiger partial charge in [0.25, 0.3) is 0 Å². The molecular formula is C15H19NO2S2. The van der Waals surface area contributed by atoms with E-state index in [0.717, 1.165) is 22.9 Å². The number of hydrogen-bond acceptors (Lipinski definition) is 5. The molecule has 5 heteroatoms. The summed E-state index contributed by atoms with van der Waals surface area (Å²) in [5, 5.41) is 1.08. The first-order valence-electron chi connectivity index (χ1n) is 6.49. The molecule has 3 nitrogen and oxygen atoms in total. The summed E-state index contributed by atoms with van der Waals surface area (Å²) < 4.78 is 10.9. The van der Waals surface area contributed by atoms with E-state index in [2.05, 4.69) is 36.7 Å². The van der Waals surface area contributed by atoms with Crippen molar-refractivity contribution in [3.8, 4) is 5.75 Å². The normalized spacial score (nSPS) is 10.8. The average molecular weight is 309 g/mol. The van der Waals surface area contributed by atoms with Gasteiger partial charge in [-0.3, -0.25) is 0 Å². The molecule has 0 atom stereocenters. The van der Waals surface area contributed by atoms with E-state index in [1.165, 1.54) is 10.4 Å². The first-order chi connectivity index (χ1) is 9.72. The van der Waals surface area contributed by atoms with E-state index in [0.29, 0.717) is 19.0 Å². The minimum atomic E-state index is 0.547. The Balaban J connectivity index is 1.89. The van der Waals surface area contributed by atoms with Gasteiger partial charge in [-0.15, -0.1) is 11.3 Å². The summed E-state index contributed by atoms with van der Waals surface area (Å²) in [5.41, 5.74) is 2.23. The summed E-state index contributed by atoms with van der Waals surface area (Å²) >= 11 is 6.02. The number of aryl methyl sites for hydroxylation is 1. The molecule has 0 spiro atoms. The summed E-state index contributed by atoms with van der Waals surface area (Å²) in [7, 11) is 1.68. The topological polar surface area (TPSA) is 31.4 Å². The van der Waals surface area contributed by atoms with E-state index in [-0.39, 0.29) is 0 Å². The van der Waals surface area contributed by atoms with Crippen molar-refractivity contribution >= 4 is 24.0 Å². The van der Waals surface area contributed by atoms with E-state index in [1.807, 2.05) is 12.1 Å². The highest BCUT2D eigenvalue weighted by Gasteiger charge is 2.09. The lowest BCUT2D eigenvalue weighted by Gasteiger charge is -2.04. The van der Waals surface area contributed by atoms with E-state index in [4.69, 9.17) is 9.47 Å². The van der Waals surface area contributed by atoms with E-state index in [9.17, 15) is 0 Å². The molecule has 0 amide bonds. The van der Waals surface area contributed by atoms with Crippen LogP contribution in [0.25, 0.3) is 0 Å². The minimum absolute atomic E-state index is 0.547. The van der Waals surface area contributed by atoms with Crippen LogP contribution in [-0.2, 0) is 23.5 Å². The Labute approximate surface area is 129 Å². The van der Waals surface area contributed by atoms with Crippen LogP contribution >= 0.6 is 24.0 Å². The van der Waals surface area contributed by atoms with Gasteiger partial charge in [0.2, 0.25) is 0 Å². The van der Waals surface area contributed by atoms with E-state index < -0.39 is 0 Å². The first kappa shape index (κ1) is 15.4. The van der Waals surface area contributed by atoms with Crippen LogP contribution < -0.4 is 4.74 Å². The van der Waals surface area contributed by atoms with Crippen LogP contribution in [0.1, 0.15) is 21.1 Å². The maximum atomic E-state index is 5.72. The summed E-state index contributed by atoms with van der Waals surface area (Å²) in [6, 6.07) is 8.09. The fraction of sp³-hybridized carbons (Fsp3) is 0.400. The van der Waals surface area contributed by atoms with Gasteiger partial charge in [-0.25, -0.2) is 4.98 Å². The summed E-state index contributed by atoms with van der Waals surface area (Å²) in [6.07, 6.45) is 0.809. The maximum Gasteiger partial charge on any atom is 0.119 e. The predicted molar refractivity (Wildman–Crippen MR) is 85.9 cm³/mol. The Hall–Kier alpha value is -1.04. The Bertz CT molecular complexity index is 537. The molecule has 1 aromatic carbocycles. The Morgan fingerprint density at radius 1 is 1.25 bits per heavy atom. The number of thiol groups is 1. The highest BCUT2D eigenvalue weighted by molar-refractivity contribution is 7.79. The second kappa shape index (κ2) is 7.67. The van der Waals surface area contributed by atoms with Crippen molar-refractivity contribution in [2.24, 2.45) is 0 Å². The zero-order chi connectivity index (χ0) is 14.4. The summed E-state index contributed by atoms with van der Waals surface area (Å²) in [6.45, 7) is 3.25. The molecule has 0 saturated carbocycles. The van der Waals surface area contributed by atoms with Gasteiger partial charge < -0.3 is 9.47 Å². The van der Waals surface area contributed by atoms with Crippen molar-refractivity contribution < 1.29 is 9.47 Å². The van der Waals surface area contributed by atoms with Crippen molar-refractivity contribution in [2.75, 3.05) is 13.7 Å². The molecule has 0 radical (unpaired) electrons. The van der Waals surface area contributed by atoms with Gasteiger partial charge in [-0.05, 0) is 19.1 Å². The number of nitrogens with zero attached hydrogens (tertiary/aromatic N) is 1. The Morgan fingerprint density at radius 2 is 2.00 bits per heavy atom. The van der Waals surface area contributed by atoms with Crippen molar-refractivity contribution in [1.29, 1.82) is 0 Å². The van der Waals surface area contributed by atoms with Gasteiger partial charge in [0.15, 0.2) is 0 Å². The number of rotatable bonds is 7. The number of benzene rings is 1. The quantitative estimate of drug-likeness (QED) is 0.792. The zero-order valence-corrected chi connectivity index (χ0v) is 13.5. The highest BCUT2D eigenvalue weighted by atomic mass is 32.1. The van der Waals surface area contributed by atoms with Gasteiger partial charge in [-0.2, -0.15) is 12.6 Å². The van der Waals surface area contributed by atoms with E-state index >= 15 is 0 Å². The van der Waals surface area contributed by atoms with Crippen molar-refractivity contribution in [3.63, 3.8) is 0 Å². The number of aromatic nitrogens is 1. The van der Waals surface area contributed by atoms with Crippen LogP contribution in [0.3, 0.4) is 0 Å². The third kappa shape index (κ3) is 4.23. The molecule has 20 heavy (non-hydrogen) atoms. The SMILES string of the molecule is COCc1nc(CCOc2ccc(C)cc2)sc1CS. The first-order valence-corrected chi connectivity index (χ1v) is 7.94. The molecule has 108 valence electrons. The average Bonchev–Trinajstić information content (AvgIpc) is 2.84. The Morgan fingerprint density at radius 3 is 2.65 bits per heavy atom. The van der Waals surface area contributed by atoms with Gasteiger partial charge in [0.1, 0.15) is 5.75 Å². The summed E-state index contributed by atoms with van der Waals surface area (Å²) in [4.78, 5) is 5.76.